The second-order valence-electron chi connectivity index (χ2n) is 21.7. The van der Waals surface area contributed by atoms with Gasteiger partial charge in [0.15, 0.2) is 12.4 Å². The van der Waals surface area contributed by atoms with E-state index in [1.165, 1.54) is 16.7 Å². The van der Waals surface area contributed by atoms with Gasteiger partial charge in [-0.05, 0) is 140 Å². The summed E-state index contributed by atoms with van der Waals surface area (Å²) in [5, 5.41) is 53.5. The van der Waals surface area contributed by atoms with E-state index in [2.05, 4.69) is 70.2 Å². The summed E-state index contributed by atoms with van der Waals surface area (Å²) >= 11 is 0. The van der Waals surface area contributed by atoms with E-state index in [-0.39, 0.29) is 34.0 Å². The minimum Gasteiger partial charge on any atom is -0.481 e. The fraction of sp³-hybridized carbons (Fsp3) is 0.776. The number of hydrogen-bond acceptors (Lipinski definition) is 9. The number of carboxylic acids is 2. The van der Waals surface area contributed by atoms with Crippen molar-refractivity contribution in [2.45, 2.75) is 168 Å². The molecule has 2 heterocycles. The molecule has 1 spiro atoms. The molecule has 12 heteroatoms. The van der Waals surface area contributed by atoms with Gasteiger partial charge in [-0.2, -0.15) is 0 Å². The predicted molar refractivity (Wildman–Crippen MR) is 226 cm³/mol. The van der Waals surface area contributed by atoms with Crippen LogP contribution in [0.3, 0.4) is 0 Å². The average molecular weight is 850 g/mol. The number of aryl methyl sites for hydroxylation is 2. The maximum absolute atomic E-state index is 14.1. The van der Waals surface area contributed by atoms with Crippen LogP contribution < -0.4 is 0 Å². The number of allylic oxidation sites excluding steroid dienone is 4. The Hall–Kier alpha value is -2.87. The zero-order chi connectivity index (χ0) is 44.0. The molecule has 0 amide bonds. The molecule has 12 nitrogen and oxygen atoms in total. The number of carbonyl (C=O) groups excluding carboxylic acids is 1. The molecule has 61 heavy (non-hydrogen) atoms. The highest BCUT2D eigenvalue weighted by Gasteiger charge is 2.76. The Kier molecular flexibility index (Phi) is 11.5. The molecule has 0 radical (unpaired) electrons. The van der Waals surface area contributed by atoms with E-state index >= 15 is 0 Å². The van der Waals surface area contributed by atoms with Crippen molar-refractivity contribution < 1.29 is 54.1 Å². The van der Waals surface area contributed by atoms with Crippen LogP contribution in [0.5, 0.6) is 0 Å². The predicted octanol–water partition coefficient (Wildman–Crippen LogP) is 6.80. The first-order valence-corrected chi connectivity index (χ1v) is 23.1. The number of fused-ring (bicyclic) bond motifs is 6. The van der Waals surface area contributed by atoms with Crippen molar-refractivity contribution >= 4 is 18.2 Å². The van der Waals surface area contributed by atoms with E-state index in [1.807, 2.05) is 0 Å². The fourth-order valence-electron chi connectivity index (χ4n) is 16.4. The minimum atomic E-state index is -1.80. The van der Waals surface area contributed by atoms with Gasteiger partial charge in [0, 0.05) is 37.3 Å². The molecule has 1 saturated heterocycles. The zero-order valence-electron chi connectivity index (χ0n) is 37.2. The van der Waals surface area contributed by atoms with Crippen molar-refractivity contribution in [3.05, 3.63) is 47.3 Å². The third-order valence-electron chi connectivity index (χ3n) is 19.0. The molecule has 1 aromatic rings. The van der Waals surface area contributed by atoms with Crippen molar-refractivity contribution in [2.24, 2.45) is 55.7 Å². The van der Waals surface area contributed by atoms with Crippen molar-refractivity contribution in [1.29, 1.82) is 0 Å². The second-order valence-corrected chi connectivity index (χ2v) is 21.7. The van der Waals surface area contributed by atoms with Crippen molar-refractivity contribution in [1.82, 2.24) is 4.98 Å². The highest BCUT2D eigenvalue weighted by Crippen LogP contribution is 2.81. The Morgan fingerprint density at radius 1 is 0.951 bits per heavy atom. The summed E-state index contributed by atoms with van der Waals surface area (Å²) in [5.41, 5.74) is 0.728. The summed E-state index contributed by atoms with van der Waals surface area (Å²) in [5.74, 6) is -1.98. The number of aliphatic carboxylic acids is 2. The van der Waals surface area contributed by atoms with Crippen molar-refractivity contribution in [3.63, 3.8) is 0 Å². The number of aliphatic hydroxyl groups excluding tert-OH is 3. The summed E-state index contributed by atoms with van der Waals surface area (Å²) in [4.78, 5) is 42.1. The number of aromatic nitrogens is 1. The summed E-state index contributed by atoms with van der Waals surface area (Å²) < 4.78 is 18.1. The van der Waals surface area contributed by atoms with Gasteiger partial charge in [0.25, 0.3) is 0 Å². The number of carbonyl (C=O) groups is 3. The Morgan fingerprint density at radius 2 is 1.70 bits per heavy atom. The summed E-state index contributed by atoms with van der Waals surface area (Å²) in [7, 11) is 1.69. The van der Waals surface area contributed by atoms with E-state index in [4.69, 9.17) is 14.2 Å². The SMILES string of the molecule is CCc1c[nH]cc1CC[C@]12CC[C@H](O[C@@H]3O[C@H](C(=O)O)[C@@H](O)[C@H](O)[C@H]3O)C(C)(C)[C@@H]1CC[C@]1(C)[C@@H]2CC=C2[C@@]1(CCC=O)CC[C@@]1(C(=O)O)[C@H](COC)C[C@]3(C)CC=C[C@]21C3. The molecule has 0 unspecified atom stereocenters. The van der Waals surface area contributed by atoms with E-state index < -0.39 is 70.4 Å². The van der Waals surface area contributed by atoms with Crippen LogP contribution >= 0.6 is 0 Å². The molecule has 0 aromatic carbocycles. The van der Waals surface area contributed by atoms with Crippen LogP contribution in [0.1, 0.15) is 129 Å². The highest BCUT2D eigenvalue weighted by molar-refractivity contribution is 5.79. The minimum absolute atomic E-state index is 0.0771. The normalized spacial score (nSPS) is 46.0. The standard InChI is InChI=1S/C49H71NO11/c1-7-29-25-50-26-30(29)12-19-46-20-14-35(60-41-38(54)36(52)37(53)39(61-41)40(55)56)43(2,3)32(46)13-18-45(5)33(46)10-11-34-47(45,17-9-23-51)21-22-49(42(57)58)31(27-59-6)24-44(4)15-8-16-48(34,49)28-44/h8,11,16,23,25-26,31-33,35-39,41,50,52-54H,7,9-10,12-15,17-22,24,27-28H2,1-6H3,(H,55,56)(H,57,58)/t31-,32-,33-,35-,36-,37-,38+,39-,41+,44-,45+,46-,47+,48-,49-/m0/s1. The number of ether oxygens (including phenoxy) is 3. The summed E-state index contributed by atoms with van der Waals surface area (Å²) in [6.07, 6.45) is 15.0. The first-order chi connectivity index (χ1) is 28.9. The smallest absolute Gasteiger partial charge is 0.335 e. The summed E-state index contributed by atoms with van der Waals surface area (Å²) in [6, 6.07) is 0. The van der Waals surface area contributed by atoms with E-state index in [9.17, 15) is 39.9 Å². The highest BCUT2D eigenvalue weighted by atomic mass is 16.7. The van der Waals surface area contributed by atoms with Gasteiger partial charge in [0.2, 0.25) is 0 Å². The van der Waals surface area contributed by atoms with Gasteiger partial charge in [-0.3, -0.25) is 4.79 Å². The molecule has 7 aliphatic rings. The van der Waals surface area contributed by atoms with Gasteiger partial charge >= 0.3 is 11.9 Å². The second kappa shape index (κ2) is 15.7. The van der Waals surface area contributed by atoms with Crippen molar-refractivity contribution in [3.8, 4) is 0 Å². The Bertz CT molecular complexity index is 1920. The topological polar surface area (TPSA) is 196 Å². The van der Waals surface area contributed by atoms with Crippen LogP contribution in [0.2, 0.25) is 0 Å². The molecule has 5 fully saturated rings. The first kappa shape index (κ1) is 44.7. The van der Waals surface area contributed by atoms with Gasteiger partial charge in [-0.1, -0.05) is 58.4 Å². The monoisotopic (exact) mass is 850 g/mol. The molecule has 338 valence electrons. The maximum Gasteiger partial charge on any atom is 0.335 e. The molecular formula is C49H71NO11. The third kappa shape index (κ3) is 6.29. The van der Waals surface area contributed by atoms with Gasteiger partial charge in [0.1, 0.15) is 24.6 Å². The number of carboxylic acid groups (broad SMARTS) is 2. The molecule has 2 bridgehead atoms. The van der Waals surface area contributed by atoms with E-state index in [0.717, 1.165) is 70.5 Å². The molecule has 6 aliphatic carbocycles. The van der Waals surface area contributed by atoms with E-state index in [1.54, 1.807) is 7.11 Å². The van der Waals surface area contributed by atoms with Crippen LogP contribution in [0, 0.1) is 55.7 Å². The molecule has 15 atom stereocenters. The lowest BCUT2D eigenvalue weighted by Crippen LogP contribution is -2.70. The van der Waals surface area contributed by atoms with Crippen LogP contribution in [-0.4, -0.2) is 99.3 Å². The Morgan fingerprint density at radius 3 is 2.39 bits per heavy atom. The van der Waals surface area contributed by atoms with Crippen molar-refractivity contribution in [2.75, 3.05) is 13.7 Å². The number of hydrogen-bond donors (Lipinski definition) is 6. The number of nitrogens with one attached hydrogen (secondary N) is 1. The molecule has 1 aromatic heterocycles. The Balaban J connectivity index is 1.24. The average Bonchev–Trinajstić information content (AvgIpc) is 3.67. The number of aldehydes is 1. The lowest BCUT2D eigenvalue weighted by molar-refractivity contribution is -0.325. The largest absolute Gasteiger partial charge is 0.481 e. The number of rotatable bonds is 13. The maximum atomic E-state index is 14.1. The third-order valence-corrected chi connectivity index (χ3v) is 19.0. The molecule has 8 rings (SSSR count). The van der Waals surface area contributed by atoms with Gasteiger partial charge in [-0.25, -0.2) is 4.79 Å². The van der Waals surface area contributed by atoms with Crippen LogP contribution in [-0.2, 0) is 41.4 Å². The van der Waals surface area contributed by atoms with Gasteiger partial charge < -0.3 is 49.5 Å². The lowest BCUT2D eigenvalue weighted by Gasteiger charge is -2.75. The van der Waals surface area contributed by atoms with Gasteiger partial charge in [-0.15, -0.1) is 0 Å². The Labute approximate surface area is 360 Å². The molecular weight excluding hydrogens is 779 g/mol. The summed E-state index contributed by atoms with van der Waals surface area (Å²) in [6.45, 7) is 11.8. The number of H-pyrrole nitrogens is 1. The number of methoxy groups -OCH3 is 1. The fourth-order valence-corrected chi connectivity index (χ4v) is 16.4. The lowest BCUT2D eigenvalue weighted by atomic mass is 9.28. The van der Waals surface area contributed by atoms with Crippen LogP contribution in [0.4, 0.5) is 0 Å². The number of aromatic amines is 1. The number of aliphatic hydroxyl groups is 3. The van der Waals surface area contributed by atoms with E-state index in [0.29, 0.717) is 38.7 Å². The quantitative estimate of drug-likeness (QED) is 0.0695. The van der Waals surface area contributed by atoms with Crippen LogP contribution in [0.15, 0.2) is 36.2 Å². The van der Waals surface area contributed by atoms with Gasteiger partial charge in [0.05, 0.1) is 18.1 Å². The first-order valence-electron chi connectivity index (χ1n) is 23.1. The molecule has 1 aliphatic heterocycles. The molecule has 4 saturated carbocycles. The molecule has 6 N–H and O–H groups in total. The van der Waals surface area contributed by atoms with Crippen LogP contribution in [0.25, 0.3) is 0 Å². The zero-order valence-corrected chi connectivity index (χ0v) is 37.2.